The van der Waals surface area contributed by atoms with Gasteiger partial charge in [0.15, 0.2) is 0 Å². The molecule has 0 saturated heterocycles. The predicted molar refractivity (Wildman–Crippen MR) is 101 cm³/mol. The first-order chi connectivity index (χ1) is 13.3. The monoisotopic (exact) mass is 389 g/mol. The Labute approximate surface area is 158 Å². The third-order valence-corrected chi connectivity index (χ3v) is 3.74. The van der Waals surface area contributed by atoms with Crippen molar-refractivity contribution < 1.29 is 21.9 Å². The molecular weight excluding hydrogens is 373 g/mol. The van der Waals surface area contributed by atoms with Crippen molar-refractivity contribution in [2.75, 3.05) is 5.43 Å². The number of aromatic nitrogens is 3. The van der Waals surface area contributed by atoms with E-state index in [9.17, 15) is 17.3 Å². The summed E-state index contributed by atoms with van der Waals surface area (Å²) in [7, 11) is -6.00. The van der Waals surface area contributed by atoms with Crippen molar-refractivity contribution in [3.05, 3.63) is 72.1 Å². The van der Waals surface area contributed by atoms with Crippen LogP contribution in [0.2, 0.25) is 0 Å². The van der Waals surface area contributed by atoms with Crippen molar-refractivity contribution in [2.24, 2.45) is 0 Å². The summed E-state index contributed by atoms with van der Waals surface area (Å²) in [6.45, 7) is 2.08. The molecule has 1 aliphatic rings. The molecule has 4 rings (SSSR count). The maximum atomic E-state index is 9.75. The van der Waals surface area contributed by atoms with E-state index in [4.69, 9.17) is 0 Å². The molecule has 1 aliphatic heterocycles. The van der Waals surface area contributed by atoms with Crippen LogP contribution in [-0.4, -0.2) is 32.9 Å². The molecular formula is C18H16BF4N5. The SMILES string of the molecule is Cc1ccc2c(c1)/[N+](=C/C=C/c1ccccc1)Nc1nncn1-2.F[B-](F)(F)F. The molecule has 0 bridgehead atoms. The standard InChI is InChI=1S/C18H16N5.BF4/c1-14-9-10-16-17(12-14)23(21-18-20-19-13-22(16)18)11-5-8-15-6-3-2-4-7-15;2-1(3,4)5/h2-13H,1H3,(H,20,21);/q+1;-1/b8-5+,23-11-;. The second-order valence-electron chi connectivity index (χ2n) is 5.91. The van der Waals surface area contributed by atoms with Crippen molar-refractivity contribution in [3.8, 4) is 5.69 Å². The average Bonchev–Trinajstić information content (AvgIpc) is 3.09. The maximum Gasteiger partial charge on any atom is 0.673 e. The van der Waals surface area contributed by atoms with Gasteiger partial charge in [-0.1, -0.05) is 41.1 Å². The Kier molecular flexibility index (Phi) is 5.58. The highest BCUT2D eigenvalue weighted by molar-refractivity contribution is 6.50. The Hall–Kier alpha value is -3.43. The average molecular weight is 389 g/mol. The van der Waals surface area contributed by atoms with Gasteiger partial charge in [0.05, 0.1) is 0 Å². The number of benzene rings is 2. The minimum Gasteiger partial charge on any atom is -0.418 e. The van der Waals surface area contributed by atoms with Gasteiger partial charge < -0.3 is 17.3 Å². The normalized spacial score (nSPS) is 14.1. The minimum atomic E-state index is -6.00. The van der Waals surface area contributed by atoms with E-state index < -0.39 is 7.25 Å². The maximum absolute atomic E-state index is 9.75. The van der Waals surface area contributed by atoms with E-state index in [-0.39, 0.29) is 0 Å². The van der Waals surface area contributed by atoms with Crippen LogP contribution in [-0.2, 0) is 0 Å². The van der Waals surface area contributed by atoms with E-state index >= 15 is 0 Å². The number of aryl methyl sites for hydroxylation is 1. The third-order valence-electron chi connectivity index (χ3n) is 3.74. The second kappa shape index (κ2) is 8.07. The number of hydrazine groups is 1. The molecule has 10 heteroatoms. The van der Waals surface area contributed by atoms with E-state index in [2.05, 4.69) is 59.0 Å². The van der Waals surface area contributed by atoms with Crippen LogP contribution in [0, 0.1) is 6.92 Å². The molecule has 28 heavy (non-hydrogen) atoms. The number of rotatable bonds is 2. The number of hydrazone groups is 1. The first-order valence-electron chi connectivity index (χ1n) is 8.32. The van der Waals surface area contributed by atoms with Crippen LogP contribution >= 0.6 is 0 Å². The van der Waals surface area contributed by atoms with Crippen LogP contribution < -0.4 is 5.43 Å². The second-order valence-corrected chi connectivity index (χ2v) is 5.91. The molecule has 3 aromatic rings. The molecule has 144 valence electrons. The molecule has 2 aromatic carbocycles. The van der Waals surface area contributed by atoms with Gasteiger partial charge in [0.25, 0.3) is 11.6 Å². The number of nitrogens with one attached hydrogen (secondary N) is 1. The van der Waals surface area contributed by atoms with Gasteiger partial charge in [-0.25, -0.2) is 0 Å². The summed E-state index contributed by atoms with van der Waals surface area (Å²) in [6, 6.07) is 16.5. The molecule has 1 aromatic heterocycles. The highest BCUT2D eigenvalue weighted by Gasteiger charge is 2.26. The van der Waals surface area contributed by atoms with Crippen molar-refractivity contribution in [3.63, 3.8) is 0 Å². The van der Waals surface area contributed by atoms with Gasteiger partial charge in [-0.2, -0.15) is 0 Å². The summed E-state index contributed by atoms with van der Waals surface area (Å²) >= 11 is 0. The Bertz CT molecular complexity index is 1010. The summed E-state index contributed by atoms with van der Waals surface area (Å²) in [5.74, 6) is 0.700. The Morgan fingerprint density at radius 2 is 1.79 bits per heavy atom. The van der Waals surface area contributed by atoms with E-state index in [0.29, 0.717) is 5.95 Å². The summed E-state index contributed by atoms with van der Waals surface area (Å²) in [5, 5.41) is 8.09. The van der Waals surface area contributed by atoms with Gasteiger partial charge in [0.2, 0.25) is 6.21 Å². The Balaban J connectivity index is 0.000000403. The first kappa shape index (κ1) is 19.3. The number of hydrogen-bond donors (Lipinski definition) is 1. The molecule has 0 amide bonds. The smallest absolute Gasteiger partial charge is 0.418 e. The third kappa shape index (κ3) is 5.06. The van der Waals surface area contributed by atoms with E-state index in [1.54, 1.807) is 6.33 Å². The minimum absolute atomic E-state index is 0.700. The lowest BCUT2D eigenvalue weighted by molar-refractivity contribution is -0.401. The van der Waals surface area contributed by atoms with Crippen molar-refractivity contribution in [2.45, 2.75) is 6.92 Å². The van der Waals surface area contributed by atoms with E-state index in [1.807, 2.05) is 39.7 Å². The topological polar surface area (TPSA) is 45.8 Å². The summed E-state index contributed by atoms with van der Waals surface area (Å²) in [5.41, 5.74) is 7.74. The molecule has 0 fully saturated rings. The summed E-state index contributed by atoms with van der Waals surface area (Å²) in [6.07, 6.45) is 7.79. The molecule has 1 N–H and O–H groups in total. The highest BCUT2D eigenvalue weighted by atomic mass is 19.5. The lowest BCUT2D eigenvalue weighted by Gasteiger charge is -2.15. The fraction of sp³-hybridized carbons (Fsp3) is 0.0556. The molecule has 5 nitrogen and oxygen atoms in total. The van der Waals surface area contributed by atoms with Crippen molar-refractivity contribution >= 4 is 31.2 Å². The largest absolute Gasteiger partial charge is 0.673 e. The number of allylic oxidation sites excluding steroid dienone is 1. The molecule has 0 spiro atoms. The zero-order valence-corrected chi connectivity index (χ0v) is 14.8. The fourth-order valence-corrected chi connectivity index (χ4v) is 2.61. The fourth-order valence-electron chi connectivity index (χ4n) is 2.61. The molecule has 0 unspecified atom stereocenters. The van der Waals surface area contributed by atoms with Crippen LogP contribution in [0.4, 0.5) is 28.9 Å². The van der Waals surface area contributed by atoms with Crippen LogP contribution in [0.15, 0.2) is 60.9 Å². The van der Waals surface area contributed by atoms with Gasteiger partial charge in [-0.15, -0.1) is 15.6 Å². The Morgan fingerprint density at radius 1 is 1.07 bits per heavy atom. The highest BCUT2D eigenvalue weighted by Crippen LogP contribution is 2.30. The van der Waals surface area contributed by atoms with Gasteiger partial charge in [0.1, 0.15) is 12.0 Å². The van der Waals surface area contributed by atoms with Gasteiger partial charge >= 0.3 is 7.25 Å². The van der Waals surface area contributed by atoms with E-state index in [0.717, 1.165) is 16.9 Å². The molecule has 0 radical (unpaired) electrons. The number of nitrogens with zero attached hydrogens (tertiary/aromatic N) is 4. The molecule has 0 aliphatic carbocycles. The van der Waals surface area contributed by atoms with Crippen molar-refractivity contribution in [1.82, 2.24) is 14.8 Å². The van der Waals surface area contributed by atoms with Crippen LogP contribution in [0.1, 0.15) is 11.1 Å². The van der Waals surface area contributed by atoms with Gasteiger partial charge in [-0.3, -0.25) is 4.57 Å². The van der Waals surface area contributed by atoms with E-state index in [1.165, 1.54) is 5.56 Å². The first-order valence-corrected chi connectivity index (χ1v) is 8.32. The van der Waals surface area contributed by atoms with Crippen LogP contribution in [0.5, 0.6) is 0 Å². The number of halogens is 4. The molecule has 2 heterocycles. The molecule has 0 atom stereocenters. The lowest BCUT2D eigenvalue weighted by Crippen LogP contribution is -2.23. The summed E-state index contributed by atoms with van der Waals surface area (Å²) in [4.78, 5) is 0. The summed E-state index contributed by atoms with van der Waals surface area (Å²) < 4.78 is 42.9. The number of anilines is 1. The van der Waals surface area contributed by atoms with Crippen LogP contribution in [0.25, 0.3) is 11.8 Å². The predicted octanol–water partition coefficient (Wildman–Crippen LogP) is 4.64. The van der Waals surface area contributed by atoms with Crippen molar-refractivity contribution in [1.29, 1.82) is 0 Å². The molecule has 0 saturated carbocycles. The zero-order chi connectivity index (χ0) is 20.1. The van der Waals surface area contributed by atoms with Gasteiger partial charge in [-0.05, 0) is 30.2 Å². The number of fused-ring (bicyclic) bond motifs is 3. The van der Waals surface area contributed by atoms with Gasteiger partial charge in [0, 0.05) is 12.1 Å². The lowest BCUT2D eigenvalue weighted by atomic mass is 10.2. The zero-order valence-electron chi connectivity index (χ0n) is 14.8. The number of hydrogen-bond acceptors (Lipinski definition) is 3. The quantitative estimate of drug-likeness (QED) is 0.395. The van der Waals surface area contributed by atoms with Crippen LogP contribution in [0.3, 0.4) is 0 Å². The Morgan fingerprint density at radius 3 is 2.50 bits per heavy atom.